The second-order valence-corrected chi connectivity index (χ2v) is 6.55. The summed E-state index contributed by atoms with van der Waals surface area (Å²) in [6.45, 7) is 5.73. The van der Waals surface area contributed by atoms with Crippen molar-refractivity contribution < 1.29 is 9.53 Å². The first-order chi connectivity index (χ1) is 12.7. The van der Waals surface area contributed by atoms with Crippen molar-refractivity contribution >= 4 is 23.3 Å². The lowest BCUT2D eigenvalue weighted by molar-refractivity contribution is 0.0957. The normalized spacial score (nSPS) is 14.7. The molecule has 3 rings (SSSR count). The second kappa shape index (κ2) is 8.72. The van der Waals surface area contributed by atoms with Gasteiger partial charge in [0, 0.05) is 38.7 Å². The van der Waals surface area contributed by atoms with E-state index in [0.29, 0.717) is 17.1 Å². The molecule has 6 heteroatoms. The van der Waals surface area contributed by atoms with Crippen molar-refractivity contribution in [3.05, 3.63) is 65.8 Å². The molecule has 0 radical (unpaired) electrons. The first-order valence-corrected chi connectivity index (χ1v) is 9.06. The predicted octanol–water partition coefficient (Wildman–Crippen LogP) is 3.70. The van der Waals surface area contributed by atoms with Crippen molar-refractivity contribution in [3.63, 3.8) is 0 Å². The molecule has 1 aromatic carbocycles. The standard InChI is InChI=1S/C20H22ClN3O2/c1-2-11-22-20(25)15-7-8-19(23-14-15)24-12-9-16(10-13-24)26-18-6-4-3-5-17(18)21/h2-8,14,16H,1,9-13H2,(H,22,25). The third kappa shape index (κ3) is 4.55. The summed E-state index contributed by atoms with van der Waals surface area (Å²) in [5, 5.41) is 3.38. The molecule has 1 saturated heterocycles. The van der Waals surface area contributed by atoms with Gasteiger partial charge in [-0.05, 0) is 24.3 Å². The van der Waals surface area contributed by atoms with E-state index < -0.39 is 0 Å². The van der Waals surface area contributed by atoms with Gasteiger partial charge in [-0.2, -0.15) is 0 Å². The van der Waals surface area contributed by atoms with Crippen LogP contribution in [0.25, 0.3) is 0 Å². The van der Waals surface area contributed by atoms with E-state index in [-0.39, 0.29) is 12.0 Å². The van der Waals surface area contributed by atoms with E-state index in [0.717, 1.165) is 37.5 Å². The molecule has 1 aliphatic rings. The number of amides is 1. The molecule has 2 aromatic rings. The molecule has 2 heterocycles. The number of aromatic nitrogens is 1. The first-order valence-electron chi connectivity index (χ1n) is 8.68. The molecule has 26 heavy (non-hydrogen) atoms. The molecule has 1 N–H and O–H groups in total. The fourth-order valence-electron chi connectivity index (χ4n) is 2.90. The van der Waals surface area contributed by atoms with Crippen LogP contribution in [0.1, 0.15) is 23.2 Å². The lowest BCUT2D eigenvalue weighted by atomic mass is 10.1. The maximum absolute atomic E-state index is 11.9. The fourth-order valence-corrected chi connectivity index (χ4v) is 3.08. The van der Waals surface area contributed by atoms with E-state index in [9.17, 15) is 4.79 Å². The number of nitrogens with zero attached hydrogens (tertiary/aromatic N) is 2. The highest BCUT2D eigenvalue weighted by Gasteiger charge is 2.22. The van der Waals surface area contributed by atoms with Gasteiger partial charge in [-0.1, -0.05) is 29.8 Å². The number of carbonyl (C=O) groups excluding carboxylic acids is 1. The first kappa shape index (κ1) is 18.3. The Morgan fingerprint density at radius 1 is 1.31 bits per heavy atom. The Morgan fingerprint density at radius 2 is 2.08 bits per heavy atom. The Hall–Kier alpha value is -2.53. The average Bonchev–Trinajstić information content (AvgIpc) is 2.68. The number of nitrogens with one attached hydrogen (secondary N) is 1. The molecule has 0 spiro atoms. The van der Waals surface area contributed by atoms with E-state index in [1.165, 1.54) is 0 Å². The third-order valence-electron chi connectivity index (χ3n) is 4.31. The molecule has 5 nitrogen and oxygen atoms in total. The van der Waals surface area contributed by atoms with Crippen molar-refractivity contribution in [1.29, 1.82) is 0 Å². The van der Waals surface area contributed by atoms with Crippen LogP contribution in [0.2, 0.25) is 5.02 Å². The van der Waals surface area contributed by atoms with Crippen LogP contribution in [0, 0.1) is 0 Å². The number of para-hydroxylation sites is 1. The highest BCUT2D eigenvalue weighted by molar-refractivity contribution is 6.32. The van der Waals surface area contributed by atoms with Gasteiger partial charge in [0.2, 0.25) is 0 Å². The Morgan fingerprint density at radius 3 is 2.73 bits per heavy atom. The fraction of sp³-hybridized carbons (Fsp3) is 0.300. The van der Waals surface area contributed by atoms with Crippen LogP contribution in [0.15, 0.2) is 55.3 Å². The van der Waals surface area contributed by atoms with Crippen molar-refractivity contribution in [1.82, 2.24) is 10.3 Å². The molecular weight excluding hydrogens is 350 g/mol. The number of rotatable bonds is 6. The summed E-state index contributed by atoms with van der Waals surface area (Å²) >= 11 is 6.16. The lowest BCUT2D eigenvalue weighted by Gasteiger charge is -2.33. The molecular formula is C20H22ClN3O2. The second-order valence-electron chi connectivity index (χ2n) is 6.14. The molecule has 1 aromatic heterocycles. The van der Waals surface area contributed by atoms with E-state index in [4.69, 9.17) is 16.3 Å². The zero-order valence-corrected chi connectivity index (χ0v) is 15.3. The van der Waals surface area contributed by atoms with Gasteiger partial charge in [-0.15, -0.1) is 6.58 Å². The van der Waals surface area contributed by atoms with Gasteiger partial charge in [0.15, 0.2) is 0 Å². The summed E-state index contributed by atoms with van der Waals surface area (Å²) in [6.07, 6.45) is 5.20. The minimum absolute atomic E-state index is 0.143. The summed E-state index contributed by atoms with van der Waals surface area (Å²) < 4.78 is 6.02. The molecule has 1 amide bonds. The van der Waals surface area contributed by atoms with Crippen molar-refractivity contribution in [3.8, 4) is 5.75 Å². The molecule has 1 fully saturated rings. The summed E-state index contributed by atoms with van der Waals surface area (Å²) in [7, 11) is 0. The number of pyridine rings is 1. The van der Waals surface area contributed by atoms with E-state index in [1.807, 2.05) is 30.3 Å². The SMILES string of the molecule is C=CCNC(=O)c1ccc(N2CCC(Oc3ccccc3Cl)CC2)nc1. The zero-order valence-electron chi connectivity index (χ0n) is 14.5. The van der Waals surface area contributed by atoms with Crippen LogP contribution in [0.4, 0.5) is 5.82 Å². The van der Waals surface area contributed by atoms with E-state index in [1.54, 1.807) is 18.3 Å². The quantitative estimate of drug-likeness (QED) is 0.787. The van der Waals surface area contributed by atoms with Crippen LogP contribution in [-0.2, 0) is 0 Å². The number of hydrogen-bond donors (Lipinski definition) is 1. The van der Waals surface area contributed by atoms with Crippen molar-refractivity contribution in [2.24, 2.45) is 0 Å². The summed E-state index contributed by atoms with van der Waals surface area (Å²) in [5.74, 6) is 1.47. The number of piperidine rings is 1. The summed E-state index contributed by atoms with van der Waals surface area (Å²) in [6, 6.07) is 11.2. The van der Waals surface area contributed by atoms with Gasteiger partial charge in [0.1, 0.15) is 17.7 Å². The molecule has 0 bridgehead atoms. The number of halogens is 1. The van der Waals surface area contributed by atoms with Gasteiger partial charge in [-0.25, -0.2) is 4.98 Å². The minimum Gasteiger partial charge on any atom is -0.489 e. The average molecular weight is 372 g/mol. The number of benzene rings is 1. The Kier molecular flexibility index (Phi) is 6.12. The van der Waals surface area contributed by atoms with E-state index in [2.05, 4.69) is 21.8 Å². The van der Waals surface area contributed by atoms with Crippen molar-refractivity contribution in [2.75, 3.05) is 24.5 Å². The van der Waals surface area contributed by atoms with Crippen LogP contribution in [0.3, 0.4) is 0 Å². The van der Waals surface area contributed by atoms with Gasteiger partial charge < -0.3 is 15.0 Å². The summed E-state index contributed by atoms with van der Waals surface area (Å²) in [4.78, 5) is 18.5. The monoisotopic (exact) mass is 371 g/mol. The van der Waals surface area contributed by atoms with Gasteiger partial charge >= 0.3 is 0 Å². The van der Waals surface area contributed by atoms with Crippen LogP contribution in [-0.4, -0.2) is 36.6 Å². The maximum atomic E-state index is 11.9. The predicted molar refractivity (Wildman–Crippen MR) is 104 cm³/mol. The number of ether oxygens (including phenoxy) is 1. The maximum Gasteiger partial charge on any atom is 0.253 e. The van der Waals surface area contributed by atoms with Crippen LogP contribution >= 0.6 is 11.6 Å². The molecule has 136 valence electrons. The molecule has 0 atom stereocenters. The minimum atomic E-state index is -0.143. The Labute approximate surface area is 158 Å². The summed E-state index contributed by atoms with van der Waals surface area (Å²) in [5.41, 5.74) is 0.549. The molecule has 0 saturated carbocycles. The molecule has 1 aliphatic heterocycles. The van der Waals surface area contributed by atoms with E-state index >= 15 is 0 Å². The highest BCUT2D eigenvalue weighted by atomic mass is 35.5. The third-order valence-corrected chi connectivity index (χ3v) is 4.63. The number of hydrogen-bond acceptors (Lipinski definition) is 4. The van der Waals surface area contributed by atoms with Gasteiger partial charge in [0.25, 0.3) is 5.91 Å². The number of anilines is 1. The highest BCUT2D eigenvalue weighted by Crippen LogP contribution is 2.27. The van der Waals surface area contributed by atoms with Gasteiger partial charge in [-0.3, -0.25) is 4.79 Å². The Balaban J connectivity index is 1.54. The van der Waals surface area contributed by atoms with Crippen molar-refractivity contribution in [2.45, 2.75) is 18.9 Å². The Bertz CT molecular complexity index is 756. The largest absolute Gasteiger partial charge is 0.489 e. The van der Waals surface area contributed by atoms with Crippen LogP contribution in [0.5, 0.6) is 5.75 Å². The smallest absolute Gasteiger partial charge is 0.253 e. The lowest BCUT2D eigenvalue weighted by Crippen LogP contribution is -2.38. The zero-order chi connectivity index (χ0) is 18.4. The topological polar surface area (TPSA) is 54.5 Å². The molecule has 0 aliphatic carbocycles. The number of carbonyl (C=O) groups is 1. The van der Waals surface area contributed by atoms with Crippen LogP contribution < -0.4 is 15.0 Å². The molecule has 0 unspecified atom stereocenters. The van der Waals surface area contributed by atoms with Gasteiger partial charge in [0.05, 0.1) is 10.6 Å².